The lowest BCUT2D eigenvalue weighted by atomic mass is 9.77. The standard InChI is InChI=1S/C9H14O/c10-7-9-4-1-2-8(6-9)3-5-9/h7-8H,1-6H2/t8-,9-/m0/s1. The van der Waals surface area contributed by atoms with Crippen LogP contribution in [0.1, 0.15) is 38.5 Å². The molecule has 0 aromatic carbocycles. The normalized spacial score (nSPS) is 45.4. The summed E-state index contributed by atoms with van der Waals surface area (Å²) in [5.74, 6) is 0.902. The van der Waals surface area contributed by atoms with E-state index in [1.165, 1.54) is 44.8 Å². The first-order chi connectivity index (χ1) is 4.85. The van der Waals surface area contributed by atoms with Crippen LogP contribution < -0.4 is 0 Å². The Labute approximate surface area is 61.8 Å². The van der Waals surface area contributed by atoms with E-state index in [9.17, 15) is 4.79 Å². The van der Waals surface area contributed by atoms with Gasteiger partial charge in [0.1, 0.15) is 6.29 Å². The van der Waals surface area contributed by atoms with Crippen LogP contribution in [0.25, 0.3) is 0 Å². The molecule has 56 valence electrons. The maximum Gasteiger partial charge on any atom is 0.126 e. The van der Waals surface area contributed by atoms with Crippen molar-refractivity contribution < 1.29 is 4.79 Å². The summed E-state index contributed by atoms with van der Waals surface area (Å²) in [6.07, 6.45) is 8.79. The van der Waals surface area contributed by atoms with Crippen LogP contribution in [0, 0.1) is 11.3 Å². The molecule has 0 aromatic heterocycles. The SMILES string of the molecule is O=C[C@@]12CCC[C@@H](CC1)C2. The number of rotatable bonds is 1. The third kappa shape index (κ3) is 0.799. The van der Waals surface area contributed by atoms with Gasteiger partial charge in [0.25, 0.3) is 0 Å². The Morgan fingerprint density at radius 2 is 2.20 bits per heavy atom. The molecule has 1 heteroatoms. The Hall–Kier alpha value is -0.330. The highest BCUT2D eigenvalue weighted by atomic mass is 16.1. The first-order valence-corrected chi connectivity index (χ1v) is 4.31. The van der Waals surface area contributed by atoms with Crippen molar-refractivity contribution >= 4 is 6.29 Å². The second-order valence-corrected chi connectivity index (χ2v) is 3.98. The average Bonchev–Trinajstić information content (AvgIpc) is 2.29. The summed E-state index contributed by atoms with van der Waals surface area (Å²) in [5, 5.41) is 0. The summed E-state index contributed by atoms with van der Waals surface area (Å²) < 4.78 is 0. The largest absolute Gasteiger partial charge is 0.303 e. The lowest BCUT2D eigenvalue weighted by Crippen LogP contribution is -2.21. The summed E-state index contributed by atoms with van der Waals surface area (Å²) in [7, 11) is 0. The highest BCUT2D eigenvalue weighted by Crippen LogP contribution is 2.49. The lowest BCUT2D eigenvalue weighted by molar-refractivity contribution is -0.117. The van der Waals surface area contributed by atoms with Crippen molar-refractivity contribution in [1.29, 1.82) is 0 Å². The van der Waals surface area contributed by atoms with Gasteiger partial charge >= 0.3 is 0 Å². The van der Waals surface area contributed by atoms with E-state index >= 15 is 0 Å². The minimum Gasteiger partial charge on any atom is -0.303 e. The zero-order valence-corrected chi connectivity index (χ0v) is 6.31. The molecule has 0 radical (unpaired) electrons. The molecule has 0 spiro atoms. The van der Waals surface area contributed by atoms with E-state index in [4.69, 9.17) is 0 Å². The van der Waals surface area contributed by atoms with Gasteiger partial charge in [-0.2, -0.15) is 0 Å². The predicted molar refractivity (Wildman–Crippen MR) is 39.7 cm³/mol. The maximum absolute atomic E-state index is 10.7. The van der Waals surface area contributed by atoms with Gasteiger partial charge < -0.3 is 4.79 Å². The van der Waals surface area contributed by atoms with Crippen LogP contribution in [0.5, 0.6) is 0 Å². The minimum absolute atomic E-state index is 0.156. The Morgan fingerprint density at radius 1 is 1.30 bits per heavy atom. The van der Waals surface area contributed by atoms with Crippen LogP contribution in [0.15, 0.2) is 0 Å². The molecule has 0 aromatic rings. The molecule has 0 unspecified atom stereocenters. The van der Waals surface area contributed by atoms with Crippen molar-refractivity contribution in [2.45, 2.75) is 38.5 Å². The molecular weight excluding hydrogens is 124 g/mol. The molecule has 2 atom stereocenters. The lowest BCUT2D eigenvalue weighted by Gasteiger charge is -2.26. The van der Waals surface area contributed by atoms with Crippen LogP contribution >= 0.6 is 0 Å². The zero-order chi connectivity index (χ0) is 7.03. The Kier molecular flexibility index (Phi) is 1.33. The summed E-state index contributed by atoms with van der Waals surface area (Å²) >= 11 is 0. The fourth-order valence-electron chi connectivity index (χ4n) is 2.65. The molecule has 10 heavy (non-hydrogen) atoms. The molecule has 0 saturated heterocycles. The molecule has 2 bridgehead atoms. The second-order valence-electron chi connectivity index (χ2n) is 3.98. The monoisotopic (exact) mass is 138 g/mol. The third-order valence-electron chi connectivity index (χ3n) is 3.28. The molecule has 1 nitrogen and oxygen atoms in total. The number of hydrogen-bond acceptors (Lipinski definition) is 1. The maximum atomic E-state index is 10.7. The first-order valence-electron chi connectivity index (χ1n) is 4.31. The topological polar surface area (TPSA) is 17.1 Å². The fraction of sp³-hybridized carbons (Fsp3) is 0.889. The van der Waals surface area contributed by atoms with E-state index in [-0.39, 0.29) is 5.41 Å². The van der Waals surface area contributed by atoms with E-state index in [0.717, 1.165) is 5.92 Å². The van der Waals surface area contributed by atoms with Crippen molar-refractivity contribution in [2.24, 2.45) is 11.3 Å². The molecule has 0 aliphatic heterocycles. The third-order valence-corrected chi connectivity index (χ3v) is 3.28. The van der Waals surface area contributed by atoms with Crippen molar-refractivity contribution in [2.75, 3.05) is 0 Å². The number of carbonyl (C=O) groups is 1. The highest BCUT2D eigenvalue weighted by Gasteiger charge is 2.41. The van der Waals surface area contributed by atoms with E-state index in [1.54, 1.807) is 0 Å². The van der Waals surface area contributed by atoms with Crippen molar-refractivity contribution in [3.8, 4) is 0 Å². The van der Waals surface area contributed by atoms with Crippen molar-refractivity contribution in [1.82, 2.24) is 0 Å². The summed E-state index contributed by atoms with van der Waals surface area (Å²) in [5.41, 5.74) is 0.156. The molecule has 2 aliphatic rings. The first kappa shape index (κ1) is 6.38. The van der Waals surface area contributed by atoms with Crippen LogP contribution in [0.2, 0.25) is 0 Å². The minimum atomic E-state index is 0.156. The molecule has 2 rings (SSSR count). The summed E-state index contributed by atoms with van der Waals surface area (Å²) in [4.78, 5) is 10.7. The molecular formula is C9H14O. The predicted octanol–water partition coefficient (Wildman–Crippen LogP) is 2.16. The Balaban J connectivity index is 2.16. The second kappa shape index (κ2) is 2.08. The average molecular weight is 138 g/mol. The van der Waals surface area contributed by atoms with E-state index < -0.39 is 0 Å². The van der Waals surface area contributed by atoms with Gasteiger partial charge in [-0.1, -0.05) is 12.8 Å². The highest BCUT2D eigenvalue weighted by molar-refractivity contribution is 5.60. The summed E-state index contributed by atoms with van der Waals surface area (Å²) in [6.45, 7) is 0. The van der Waals surface area contributed by atoms with Gasteiger partial charge in [0.05, 0.1) is 0 Å². The Bertz CT molecular complexity index is 149. The number of hydrogen-bond donors (Lipinski definition) is 0. The van der Waals surface area contributed by atoms with E-state index in [1.807, 2.05) is 0 Å². The molecule has 0 N–H and O–H groups in total. The zero-order valence-electron chi connectivity index (χ0n) is 6.31. The number of carbonyl (C=O) groups excluding carboxylic acids is 1. The van der Waals surface area contributed by atoms with Crippen molar-refractivity contribution in [3.63, 3.8) is 0 Å². The van der Waals surface area contributed by atoms with Gasteiger partial charge in [-0.05, 0) is 31.6 Å². The fourth-order valence-corrected chi connectivity index (χ4v) is 2.65. The Morgan fingerprint density at radius 3 is 2.90 bits per heavy atom. The van der Waals surface area contributed by atoms with Gasteiger partial charge in [0, 0.05) is 5.41 Å². The van der Waals surface area contributed by atoms with Gasteiger partial charge in [-0.15, -0.1) is 0 Å². The molecule has 0 heterocycles. The quantitative estimate of drug-likeness (QED) is 0.507. The molecule has 0 amide bonds. The number of fused-ring (bicyclic) bond motifs is 2. The molecule has 2 saturated carbocycles. The smallest absolute Gasteiger partial charge is 0.126 e. The van der Waals surface area contributed by atoms with Crippen LogP contribution in [0.4, 0.5) is 0 Å². The summed E-state index contributed by atoms with van der Waals surface area (Å²) in [6, 6.07) is 0. The van der Waals surface area contributed by atoms with Gasteiger partial charge in [-0.25, -0.2) is 0 Å². The van der Waals surface area contributed by atoms with E-state index in [2.05, 4.69) is 0 Å². The van der Waals surface area contributed by atoms with Gasteiger partial charge in [0.2, 0.25) is 0 Å². The van der Waals surface area contributed by atoms with Crippen LogP contribution in [-0.2, 0) is 4.79 Å². The van der Waals surface area contributed by atoms with Crippen molar-refractivity contribution in [3.05, 3.63) is 0 Å². The van der Waals surface area contributed by atoms with Crippen LogP contribution in [-0.4, -0.2) is 6.29 Å². The van der Waals surface area contributed by atoms with Gasteiger partial charge in [0.15, 0.2) is 0 Å². The van der Waals surface area contributed by atoms with E-state index in [0.29, 0.717) is 0 Å². The van der Waals surface area contributed by atoms with Gasteiger partial charge in [-0.3, -0.25) is 0 Å². The number of aldehydes is 1. The van der Waals surface area contributed by atoms with Crippen LogP contribution in [0.3, 0.4) is 0 Å². The molecule has 2 fully saturated rings. The molecule has 2 aliphatic carbocycles.